The first kappa shape index (κ1) is 13.4. The Morgan fingerprint density at radius 2 is 1.74 bits per heavy atom. The van der Waals surface area contributed by atoms with Crippen LogP contribution in [-0.4, -0.2) is 12.5 Å². The topological polar surface area (TPSA) is 20.3 Å². The summed E-state index contributed by atoms with van der Waals surface area (Å²) in [6.07, 6.45) is 1.70. The minimum atomic E-state index is -0.128. The third-order valence-corrected chi connectivity index (χ3v) is 3.06. The summed E-state index contributed by atoms with van der Waals surface area (Å²) in [5, 5.41) is 0.456. The zero-order chi connectivity index (χ0) is 13.7. The van der Waals surface area contributed by atoms with Crippen LogP contribution in [-0.2, 0) is 0 Å². The number of hydrogen-bond donors (Lipinski definition) is 0. The van der Waals surface area contributed by atoms with Crippen molar-refractivity contribution in [2.24, 2.45) is 0 Å². The average Bonchev–Trinajstić information content (AvgIpc) is 2.45. The van der Waals surface area contributed by atoms with Crippen LogP contribution in [0.1, 0.15) is 10.4 Å². The summed E-state index contributed by atoms with van der Waals surface area (Å²) in [5.41, 5.74) is 1.32. The number of carbonyl (C=O) groups excluding carboxylic acids is 1. The third-order valence-electron chi connectivity index (χ3n) is 2.73. The highest BCUT2D eigenvalue weighted by Crippen LogP contribution is 2.21. The van der Waals surface area contributed by atoms with Gasteiger partial charge in [0.1, 0.15) is 0 Å². The van der Waals surface area contributed by atoms with Crippen molar-refractivity contribution in [3.8, 4) is 0 Å². The summed E-state index contributed by atoms with van der Waals surface area (Å²) in [6.45, 7) is 4.14. The number of para-hydroxylation sites is 1. The fraction of sp³-hybridized carbons (Fsp3) is 0.0625. The van der Waals surface area contributed by atoms with Gasteiger partial charge in [0, 0.05) is 12.2 Å². The lowest BCUT2D eigenvalue weighted by atomic mass is 10.1. The number of rotatable bonds is 4. The van der Waals surface area contributed by atoms with Gasteiger partial charge in [-0.3, -0.25) is 4.79 Å². The summed E-state index contributed by atoms with van der Waals surface area (Å²) < 4.78 is 0. The van der Waals surface area contributed by atoms with Crippen LogP contribution in [0.5, 0.6) is 0 Å². The number of nitrogens with zero attached hydrogens (tertiary/aromatic N) is 1. The van der Waals surface area contributed by atoms with Gasteiger partial charge in [-0.1, -0.05) is 48.0 Å². The molecule has 0 bridgehead atoms. The molecule has 3 heteroatoms. The van der Waals surface area contributed by atoms with Gasteiger partial charge >= 0.3 is 0 Å². The van der Waals surface area contributed by atoms with Crippen molar-refractivity contribution in [2.45, 2.75) is 0 Å². The molecule has 1 amide bonds. The highest BCUT2D eigenvalue weighted by Gasteiger charge is 2.18. The molecule has 19 heavy (non-hydrogen) atoms. The van der Waals surface area contributed by atoms with Crippen molar-refractivity contribution in [1.29, 1.82) is 0 Å². The average molecular weight is 272 g/mol. The molecule has 2 aromatic rings. The van der Waals surface area contributed by atoms with Crippen LogP contribution in [0.25, 0.3) is 0 Å². The molecular formula is C16H14ClNO. The summed E-state index contributed by atoms with van der Waals surface area (Å²) in [7, 11) is 0. The first-order chi connectivity index (χ1) is 9.24. The first-order valence-corrected chi connectivity index (χ1v) is 6.34. The fourth-order valence-electron chi connectivity index (χ4n) is 1.82. The maximum atomic E-state index is 12.5. The minimum absolute atomic E-state index is 0.128. The van der Waals surface area contributed by atoms with E-state index in [4.69, 9.17) is 11.6 Å². The molecule has 0 aromatic heterocycles. The van der Waals surface area contributed by atoms with Crippen LogP contribution in [0.2, 0.25) is 5.02 Å². The Bertz CT molecular complexity index is 580. The molecule has 0 fully saturated rings. The lowest BCUT2D eigenvalue weighted by Crippen LogP contribution is -2.31. The van der Waals surface area contributed by atoms with E-state index in [1.54, 1.807) is 35.2 Å². The molecule has 0 atom stereocenters. The van der Waals surface area contributed by atoms with Gasteiger partial charge in [0.2, 0.25) is 0 Å². The molecule has 2 rings (SSSR count). The molecule has 0 radical (unpaired) electrons. The summed E-state index contributed by atoms with van der Waals surface area (Å²) in [6, 6.07) is 16.5. The van der Waals surface area contributed by atoms with E-state index in [1.807, 2.05) is 30.3 Å². The SMILES string of the molecule is C=CCN(C(=O)c1ccccc1Cl)c1ccccc1. The molecule has 0 saturated heterocycles. The molecule has 0 saturated carbocycles. The molecule has 0 heterocycles. The smallest absolute Gasteiger partial charge is 0.260 e. The molecule has 96 valence electrons. The van der Waals surface area contributed by atoms with E-state index < -0.39 is 0 Å². The van der Waals surface area contributed by atoms with Gasteiger partial charge in [-0.05, 0) is 24.3 Å². The first-order valence-electron chi connectivity index (χ1n) is 5.96. The molecule has 0 spiro atoms. The lowest BCUT2D eigenvalue weighted by Gasteiger charge is -2.21. The van der Waals surface area contributed by atoms with Gasteiger partial charge in [-0.2, -0.15) is 0 Å². The van der Waals surface area contributed by atoms with E-state index in [9.17, 15) is 4.79 Å². The molecule has 2 aromatic carbocycles. The van der Waals surface area contributed by atoms with Gasteiger partial charge in [0.05, 0.1) is 10.6 Å². The van der Waals surface area contributed by atoms with Crippen molar-refractivity contribution in [1.82, 2.24) is 0 Å². The number of carbonyl (C=O) groups is 1. The second-order valence-corrected chi connectivity index (χ2v) is 4.43. The Morgan fingerprint density at radius 3 is 2.37 bits per heavy atom. The van der Waals surface area contributed by atoms with E-state index in [-0.39, 0.29) is 5.91 Å². The van der Waals surface area contributed by atoms with Crippen LogP contribution < -0.4 is 4.90 Å². The van der Waals surface area contributed by atoms with Crippen LogP contribution >= 0.6 is 11.6 Å². The van der Waals surface area contributed by atoms with Crippen molar-refractivity contribution >= 4 is 23.2 Å². The zero-order valence-electron chi connectivity index (χ0n) is 10.4. The Labute approximate surface area is 117 Å². The predicted molar refractivity (Wildman–Crippen MR) is 79.8 cm³/mol. The van der Waals surface area contributed by atoms with E-state index in [2.05, 4.69) is 6.58 Å². The van der Waals surface area contributed by atoms with Crippen LogP contribution in [0.4, 0.5) is 5.69 Å². The van der Waals surface area contributed by atoms with Crippen molar-refractivity contribution in [3.63, 3.8) is 0 Å². The summed E-state index contributed by atoms with van der Waals surface area (Å²) in [4.78, 5) is 14.2. The van der Waals surface area contributed by atoms with Crippen molar-refractivity contribution < 1.29 is 4.79 Å². The Morgan fingerprint density at radius 1 is 1.11 bits per heavy atom. The van der Waals surface area contributed by atoms with E-state index in [0.717, 1.165) is 5.69 Å². The van der Waals surface area contributed by atoms with Crippen LogP contribution in [0.3, 0.4) is 0 Å². The maximum absolute atomic E-state index is 12.5. The zero-order valence-corrected chi connectivity index (χ0v) is 11.2. The number of anilines is 1. The molecule has 0 unspecified atom stereocenters. The standard InChI is InChI=1S/C16H14ClNO/c1-2-12-18(13-8-4-3-5-9-13)16(19)14-10-6-7-11-15(14)17/h2-11H,1,12H2. The molecule has 0 aliphatic heterocycles. The lowest BCUT2D eigenvalue weighted by molar-refractivity contribution is 0.0990. The third kappa shape index (κ3) is 3.04. The highest BCUT2D eigenvalue weighted by atomic mass is 35.5. The van der Waals surface area contributed by atoms with Gasteiger partial charge in [0.15, 0.2) is 0 Å². The van der Waals surface area contributed by atoms with E-state index in [1.165, 1.54) is 0 Å². The quantitative estimate of drug-likeness (QED) is 0.764. The Balaban J connectivity index is 2.38. The number of hydrogen-bond acceptors (Lipinski definition) is 1. The molecule has 0 N–H and O–H groups in total. The summed E-state index contributed by atoms with van der Waals surface area (Å²) in [5.74, 6) is -0.128. The molecule has 0 aliphatic carbocycles. The maximum Gasteiger partial charge on any atom is 0.260 e. The fourth-order valence-corrected chi connectivity index (χ4v) is 2.04. The second kappa shape index (κ2) is 6.21. The molecule has 2 nitrogen and oxygen atoms in total. The van der Waals surface area contributed by atoms with E-state index in [0.29, 0.717) is 17.1 Å². The Kier molecular flexibility index (Phi) is 4.37. The molecule has 0 aliphatic rings. The second-order valence-electron chi connectivity index (χ2n) is 4.02. The predicted octanol–water partition coefficient (Wildman–Crippen LogP) is 4.17. The van der Waals surface area contributed by atoms with Gasteiger partial charge < -0.3 is 4.90 Å². The minimum Gasteiger partial charge on any atom is -0.305 e. The largest absolute Gasteiger partial charge is 0.305 e. The van der Waals surface area contributed by atoms with Gasteiger partial charge in [-0.15, -0.1) is 6.58 Å². The number of halogens is 1. The van der Waals surface area contributed by atoms with Gasteiger partial charge in [0.25, 0.3) is 5.91 Å². The van der Waals surface area contributed by atoms with Crippen LogP contribution in [0, 0.1) is 0 Å². The normalized spacial score (nSPS) is 9.95. The highest BCUT2D eigenvalue weighted by molar-refractivity contribution is 6.34. The van der Waals surface area contributed by atoms with Gasteiger partial charge in [-0.25, -0.2) is 0 Å². The van der Waals surface area contributed by atoms with Crippen LogP contribution in [0.15, 0.2) is 67.3 Å². The van der Waals surface area contributed by atoms with Crippen molar-refractivity contribution in [2.75, 3.05) is 11.4 Å². The van der Waals surface area contributed by atoms with Crippen molar-refractivity contribution in [3.05, 3.63) is 77.8 Å². The summed E-state index contributed by atoms with van der Waals surface area (Å²) >= 11 is 6.08. The number of amides is 1. The van der Waals surface area contributed by atoms with E-state index >= 15 is 0 Å². The monoisotopic (exact) mass is 271 g/mol. The molecular weight excluding hydrogens is 258 g/mol. The number of benzene rings is 2. The Hall–Kier alpha value is -2.06.